The van der Waals surface area contributed by atoms with Crippen LogP contribution in [0.5, 0.6) is 0 Å². The highest BCUT2D eigenvalue weighted by atomic mass is 16.6. The van der Waals surface area contributed by atoms with E-state index >= 15 is 0 Å². The summed E-state index contributed by atoms with van der Waals surface area (Å²) < 4.78 is 5.05. The van der Waals surface area contributed by atoms with E-state index < -0.39 is 5.60 Å². The van der Waals surface area contributed by atoms with E-state index in [2.05, 4.69) is 0 Å². The van der Waals surface area contributed by atoms with Gasteiger partial charge in [0.15, 0.2) is 0 Å². The van der Waals surface area contributed by atoms with Crippen molar-refractivity contribution in [2.75, 3.05) is 0 Å². The van der Waals surface area contributed by atoms with Gasteiger partial charge in [-0.15, -0.1) is 0 Å². The summed E-state index contributed by atoms with van der Waals surface area (Å²) >= 11 is 0. The zero-order valence-corrected chi connectivity index (χ0v) is 6.12. The standard InChI is InChI=1S/C8H10O3/c9-7-5-1-4-2-6(11-7)8(5,10)3-4/h4-6,10H,1-3H2. The highest BCUT2D eigenvalue weighted by Crippen LogP contribution is 2.56. The van der Waals surface area contributed by atoms with Gasteiger partial charge in [-0.05, 0) is 25.2 Å². The van der Waals surface area contributed by atoms with E-state index in [1.54, 1.807) is 0 Å². The molecule has 0 aromatic rings. The normalized spacial score (nSPS) is 58.6. The van der Waals surface area contributed by atoms with Crippen molar-refractivity contribution in [1.82, 2.24) is 0 Å². The first-order valence-corrected chi connectivity index (χ1v) is 4.13. The quantitative estimate of drug-likeness (QED) is 0.502. The third-order valence-corrected chi connectivity index (χ3v) is 3.44. The lowest BCUT2D eigenvalue weighted by Crippen LogP contribution is -2.38. The van der Waals surface area contributed by atoms with Crippen LogP contribution in [0.3, 0.4) is 0 Å². The van der Waals surface area contributed by atoms with E-state index in [1.165, 1.54) is 0 Å². The van der Waals surface area contributed by atoms with Gasteiger partial charge in [0, 0.05) is 0 Å². The van der Waals surface area contributed by atoms with Gasteiger partial charge >= 0.3 is 5.97 Å². The molecule has 0 spiro atoms. The van der Waals surface area contributed by atoms with Crippen LogP contribution in [0, 0.1) is 11.8 Å². The van der Waals surface area contributed by atoms with Crippen molar-refractivity contribution < 1.29 is 14.6 Å². The Morgan fingerprint density at radius 2 is 2.36 bits per heavy atom. The molecule has 4 atom stereocenters. The molecule has 0 radical (unpaired) electrons. The number of carbonyl (C=O) groups is 1. The summed E-state index contributed by atoms with van der Waals surface area (Å²) in [4.78, 5) is 11.1. The van der Waals surface area contributed by atoms with Crippen molar-refractivity contribution >= 4 is 5.97 Å². The smallest absolute Gasteiger partial charge is 0.312 e. The number of hydrogen-bond acceptors (Lipinski definition) is 3. The topological polar surface area (TPSA) is 46.5 Å². The lowest BCUT2D eigenvalue weighted by Gasteiger charge is -2.22. The fourth-order valence-corrected chi connectivity index (χ4v) is 2.94. The minimum atomic E-state index is -0.762. The van der Waals surface area contributed by atoms with E-state index in [-0.39, 0.29) is 18.0 Å². The fourth-order valence-electron chi connectivity index (χ4n) is 2.94. The molecular formula is C8H10O3. The highest BCUT2D eigenvalue weighted by Gasteiger charge is 2.66. The van der Waals surface area contributed by atoms with Crippen molar-refractivity contribution in [3.63, 3.8) is 0 Å². The maximum Gasteiger partial charge on any atom is 0.312 e. The van der Waals surface area contributed by atoms with Gasteiger partial charge in [0.25, 0.3) is 0 Å². The molecule has 0 aromatic carbocycles. The maximum absolute atomic E-state index is 11.1. The summed E-state index contributed by atoms with van der Waals surface area (Å²) in [5, 5.41) is 9.97. The molecule has 2 saturated carbocycles. The average molecular weight is 154 g/mol. The van der Waals surface area contributed by atoms with Gasteiger partial charge in [-0.1, -0.05) is 0 Å². The molecule has 3 fully saturated rings. The molecule has 1 N–H and O–H groups in total. The van der Waals surface area contributed by atoms with Crippen LogP contribution in [0.1, 0.15) is 19.3 Å². The van der Waals surface area contributed by atoms with Gasteiger partial charge < -0.3 is 9.84 Å². The van der Waals surface area contributed by atoms with Crippen molar-refractivity contribution in [3.8, 4) is 0 Å². The van der Waals surface area contributed by atoms with E-state index in [9.17, 15) is 9.90 Å². The van der Waals surface area contributed by atoms with Crippen molar-refractivity contribution in [2.24, 2.45) is 11.8 Å². The molecule has 1 saturated heterocycles. The van der Waals surface area contributed by atoms with Crippen LogP contribution >= 0.6 is 0 Å². The summed E-state index contributed by atoms with van der Waals surface area (Å²) in [6, 6.07) is 0. The van der Waals surface area contributed by atoms with Gasteiger partial charge in [0.2, 0.25) is 0 Å². The summed E-state index contributed by atoms with van der Waals surface area (Å²) in [6.07, 6.45) is 2.36. The second-order valence-electron chi connectivity index (χ2n) is 4.01. The van der Waals surface area contributed by atoms with Crippen LogP contribution in [-0.2, 0) is 9.53 Å². The molecule has 11 heavy (non-hydrogen) atoms. The first kappa shape index (κ1) is 6.00. The van der Waals surface area contributed by atoms with E-state index in [0.717, 1.165) is 19.3 Å². The molecule has 1 heterocycles. The van der Waals surface area contributed by atoms with Gasteiger partial charge in [0.1, 0.15) is 11.7 Å². The average Bonchev–Trinajstić information content (AvgIpc) is 2.39. The number of fused-ring (bicyclic) bond motifs is 1. The Bertz CT molecular complexity index is 237. The zero-order valence-electron chi connectivity index (χ0n) is 6.12. The molecule has 1 aliphatic heterocycles. The molecule has 60 valence electrons. The third kappa shape index (κ3) is 0.495. The highest BCUT2D eigenvalue weighted by molar-refractivity contribution is 5.78. The number of rotatable bonds is 0. The van der Waals surface area contributed by atoms with Crippen molar-refractivity contribution in [2.45, 2.75) is 31.0 Å². The SMILES string of the molecule is O=C1OC2CC3CC1C2(O)C3. The second-order valence-corrected chi connectivity index (χ2v) is 4.01. The molecule has 3 nitrogen and oxygen atoms in total. The lowest BCUT2D eigenvalue weighted by atomic mass is 9.86. The molecule has 3 aliphatic rings. The number of esters is 1. The molecule has 0 amide bonds. The van der Waals surface area contributed by atoms with Crippen LogP contribution in [0.2, 0.25) is 0 Å². The molecular weight excluding hydrogens is 144 g/mol. The summed E-state index contributed by atoms with van der Waals surface area (Å²) in [6.45, 7) is 0. The van der Waals surface area contributed by atoms with Crippen LogP contribution < -0.4 is 0 Å². The number of ether oxygens (including phenoxy) is 1. The van der Waals surface area contributed by atoms with Crippen LogP contribution in [-0.4, -0.2) is 22.8 Å². The van der Waals surface area contributed by atoms with Gasteiger partial charge in [0.05, 0.1) is 5.92 Å². The maximum atomic E-state index is 11.1. The predicted octanol–water partition coefficient (Wildman–Crippen LogP) is 0.0728. The van der Waals surface area contributed by atoms with Crippen molar-refractivity contribution in [1.29, 1.82) is 0 Å². The monoisotopic (exact) mass is 154 g/mol. The van der Waals surface area contributed by atoms with Gasteiger partial charge in [-0.2, -0.15) is 0 Å². The predicted molar refractivity (Wildman–Crippen MR) is 35.7 cm³/mol. The number of hydrogen-bond donors (Lipinski definition) is 1. The van der Waals surface area contributed by atoms with Gasteiger partial charge in [-0.3, -0.25) is 4.79 Å². The van der Waals surface area contributed by atoms with Crippen LogP contribution in [0.15, 0.2) is 0 Å². The van der Waals surface area contributed by atoms with E-state index in [0.29, 0.717) is 5.92 Å². The zero-order chi connectivity index (χ0) is 7.64. The molecule has 2 aliphatic carbocycles. The fraction of sp³-hybridized carbons (Fsp3) is 0.875. The van der Waals surface area contributed by atoms with E-state index in [1.807, 2.05) is 0 Å². The molecule has 4 unspecified atom stereocenters. The Labute approximate surface area is 64.3 Å². The third-order valence-electron chi connectivity index (χ3n) is 3.44. The number of carbonyl (C=O) groups excluding carboxylic acids is 1. The molecule has 3 heteroatoms. The Kier molecular flexibility index (Phi) is 0.796. The first-order chi connectivity index (χ1) is 5.20. The first-order valence-electron chi connectivity index (χ1n) is 4.13. The van der Waals surface area contributed by atoms with Crippen LogP contribution in [0.4, 0.5) is 0 Å². The van der Waals surface area contributed by atoms with Crippen LogP contribution in [0.25, 0.3) is 0 Å². The second kappa shape index (κ2) is 1.46. The summed E-state index contributed by atoms with van der Waals surface area (Å²) in [7, 11) is 0. The summed E-state index contributed by atoms with van der Waals surface area (Å²) in [5.74, 6) is 0.185. The Morgan fingerprint density at radius 1 is 1.55 bits per heavy atom. The van der Waals surface area contributed by atoms with E-state index in [4.69, 9.17) is 4.74 Å². The molecule has 0 aromatic heterocycles. The Balaban J connectivity index is 2.12. The minimum Gasteiger partial charge on any atom is -0.459 e. The molecule has 2 bridgehead atoms. The number of aliphatic hydroxyl groups is 1. The molecule has 3 rings (SSSR count). The van der Waals surface area contributed by atoms with Gasteiger partial charge in [-0.25, -0.2) is 0 Å². The Morgan fingerprint density at radius 3 is 2.91 bits per heavy atom. The van der Waals surface area contributed by atoms with Crippen molar-refractivity contribution in [3.05, 3.63) is 0 Å². The lowest BCUT2D eigenvalue weighted by molar-refractivity contribution is -0.143. The Hall–Kier alpha value is -0.570. The largest absolute Gasteiger partial charge is 0.459 e. The minimum absolute atomic E-state index is 0.168. The summed E-state index contributed by atoms with van der Waals surface area (Å²) in [5.41, 5.74) is -0.762.